The minimum Gasteiger partial charge on any atom is -0.480 e. The Hall–Kier alpha value is -4.20. The Morgan fingerprint density at radius 1 is 1.00 bits per heavy atom. The van der Waals surface area contributed by atoms with Crippen LogP contribution in [0.2, 0.25) is 10.2 Å². The van der Waals surface area contributed by atoms with Gasteiger partial charge in [0, 0.05) is 46.4 Å². The van der Waals surface area contributed by atoms with Crippen molar-refractivity contribution in [2.75, 3.05) is 6.54 Å². The fourth-order valence-corrected chi connectivity index (χ4v) is 5.22. The molecule has 0 bridgehead atoms. The number of aliphatic carboxylic acids is 1. The molecule has 1 aliphatic heterocycles. The van der Waals surface area contributed by atoms with Crippen LogP contribution in [0.4, 0.5) is 0 Å². The maximum Gasteiger partial charge on any atom is 0.326 e. The second-order valence-electron chi connectivity index (χ2n) is 9.50. The monoisotopic (exact) mass is 621 g/mol. The van der Waals surface area contributed by atoms with Gasteiger partial charge in [-0.15, -0.1) is 4.94 Å². The lowest BCUT2D eigenvalue weighted by molar-refractivity contribution is -0.143. The number of carboxylic acid groups (broad SMARTS) is 1. The molecule has 3 heterocycles. The predicted octanol–water partition coefficient (Wildman–Crippen LogP) is 5.47. The predicted molar refractivity (Wildman–Crippen MR) is 160 cm³/mol. The fraction of sp³-hybridized carbons (Fsp3) is 0.167. The maximum atomic E-state index is 13.0. The molecule has 0 radical (unpaired) electrons. The Morgan fingerprint density at radius 3 is 2.50 bits per heavy atom. The molecule has 1 saturated heterocycles. The molecule has 1 atom stereocenters. The normalized spacial score (nSPS) is 14.6. The van der Waals surface area contributed by atoms with E-state index in [1.165, 1.54) is 17.2 Å². The number of rotatable bonds is 5. The molecule has 2 amide bonds. The van der Waals surface area contributed by atoms with Crippen molar-refractivity contribution in [3.05, 3.63) is 93.2 Å². The van der Waals surface area contributed by atoms with Crippen LogP contribution in [0, 0.1) is 11.8 Å². The Balaban J connectivity index is 1.37. The van der Waals surface area contributed by atoms with E-state index < -0.39 is 17.9 Å². The number of hydrogen-bond donors (Lipinski definition) is 3. The molecule has 9 nitrogen and oxygen atoms in total. The van der Waals surface area contributed by atoms with Crippen molar-refractivity contribution in [1.82, 2.24) is 25.2 Å². The third kappa shape index (κ3) is 6.32. The number of carboxylic acids is 1. The van der Waals surface area contributed by atoms with Gasteiger partial charge in [-0.1, -0.05) is 47.2 Å². The topological polar surface area (TPSA) is 125 Å². The summed E-state index contributed by atoms with van der Waals surface area (Å²) in [4.78, 5) is 49.4. The Kier molecular flexibility index (Phi) is 8.90. The van der Waals surface area contributed by atoms with Gasteiger partial charge in [-0.25, -0.2) is 14.8 Å². The van der Waals surface area contributed by atoms with Crippen LogP contribution in [-0.2, 0) is 4.79 Å². The number of fused-ring (bicyclic) bond motifs is 1. The van der Waals surface area contributed by atoms with E-state index >= 15 is 0 Å². The average Bonchev–Trinajstić information content (AvgIpc) is 2.99. The summed E-state index contributed by atoms with van der Waals surface area (Å²) >= 11 is 18.0. The van der Waals surface area contributed by atoms with Gasteiger partial charge in [-0.3, -0.25) is 15.0 Å². The molecule has 3 N–H and O–H groups in total. The molecule has 2 aromatic carbocycles. The van der Waals surface area contributed by atoms with Gasteiger partial charge < -0.3 is 10.0 Å². The Labute approximate surface area is 255 Å². The molecule has 1 fully saturated rings. The minimum absolute atomic E-state index is 0.242. The van der Waals surface area contributed by atoms with E-state index in [-0.39, 0.29) is 11.1 Å². The zero-order chi connectivity index (χ0) is 29.8. The van der Waals surface area contributed by atoms with Gasteiger partial charge in [0.15, 0.2) is 0 Å². The van der Waals surface area contributed by atoms with Crippen LogP contribution in [0.5, 0.6) is 0 Å². The lowest BCUT2D eigenvalue weighted by Gasteiger charge is -2.33. The zero-order valence-corrected chi connectivity index (χ0v) is 24.1. The summed E-state index contributed by atoms with van der Waals surface area (Å²) in [5, 5.41) is 10.5. The molecule has 42 heavy (non-hydrogen) atoms. The average molecular weight is 623 g/mol. The molecule has 0 spiro atoms. The fourth-order valence-electron chi connectivity index (χ4n) is 4.75. The van der Waals surface area contributed by atoms with Crippen molar-refractivity contribution in [3.8, 4) is 23.1 Å². The number of hydrazine groups is 1. The first kappa shape index (κ1) is 29.3. The van der Waals surface area contributed by atoms with Crippen molar-refractivity contribution in [2.24, 2.45) is 0 Å². The number of aromatic nitrogens is 2. The lowest BCUT2D eigenvalue weighted by Crippen LogP contribution is -2.47. The van der Waals surface area contributed by atoms with Crippen LogP contribution in [-0.4, -0.2) is 50.3 Å². The SMILES string of the molecule is O=C(NNCl)c1cc(-c2ccc(C#Cc3ccc(C(=O)N4CCCC[C@H]4C(=O)O)cc3Cl)cc2)nc2cc(Cl)ncc12. The maximum absolute atomic E-state index is 13.0. The number of piperidine rings is 1. The van der Waals surface area contributed by atoms with Gasteiger partial charge >= 0.3 is 5.97 Å². The smallest absolute Gasteiger partial charge is 0.326 e. The number of carbonyl (C=O) groups excluding carboxylic acids is 2. The molecule has 0 saturated carbocycles. The highest BCUT2D eigenvalue weighted by molar-refractivity contribution is 6.32. The summed E-state index contributed by atoms with van der Waals surface area (Å²) in [5.41, 5.74) is 5.96. The highest BCUT2D eigenvalue weighted by Gasteiger charge is 2.32. The van der Waals surface area contributed by atoms with Gasteiger partial charge in [0.1, 0.15) is 11.2 Å². The van der Waals surface area contributed by atoms with Crippen molar-refractivity contribution in [3.63, 3.8) is 0 Å². The van der Waals surface area contributed by atoms with E-state index in [1.807, 2.05) is 24.3 Å². The van der Waals surface area contributed by atoms with Crippen LogP contribution in [0.1, 0.15) is 51.1 Å². The third-order valence-electron chi connectivity index (χ3n) is 6.85. The molecule has 212 valence electrons. The summed E-state index contributed by atoms with van der Waals surface area (Å²) in [6.07, 6.45) is 3.44. The van der Waals surface area contributed by atoms with Crippen LogP contribution >= 0.6 is 35.0 Å². The lowest BCUT2D eigenvalue weighted by atomic mass is 10.0. The van der Waals surface area contributed by atoms with Crippen LogP contribution in [0.15, 0.2) is 60.8 Å². The van der Waals surface area contributed by atoms with Crippen LogP contribution < -0.4 is 10.4 Å². The Bertz CT molecular complexity index is 1770. The van der Waals surface area contributed by atoms with Gasteiger partial charge in [0.25, 0.3) is 11.8 Å². The highest BCUT2D eigenvalue weighted by atomic mass is 35.5. The minimum atomic E-state index is -1.00. The number of benzene rings is 2. The molecule has 12 heteroatoms. The number of likely N-dealkylation sites (tertiary alicyclic amines) is 1. The molecule has 1 aliphatic rings. The first-order chi connectivity index (χ1) is 20.2. The van der Waals surface area contributed by atoms with E-state index in [9.17, 15) is 19.5 Å². The van der Waals surface area contributed by atoms with E-state index in [0.29, 0.717) is 56.8 Å². The first-order valence-electron chi connectivity index (χ1n) is 12.8. The van der Waals surface area contributed by atoms with Gasteiger partial charge in [-0.05, 0) is 67.4 Å². The Morgan fingerprint density at radius 2 is 1.79 bits per heavy atom. The van der Waals surface area contributed by atoms with Crippen LogP contribution in [0.25, 0.3) is 22.2 Å². The number of nitrogens with one attached hydrogen (secondary N) is 2. The number of carbonyl (C=O) groups is 3. The molecule has 0 unspecified atom stereocenters. The molecule has 5 rings (SSSR count). The molecule has 4 aromatic rings. The van der Waals surface area contributed by atoms with Crippen molar-refractivity contribution in [1.29, 1.82) is 0 Å². The number of hydrogen-bond acceptors (Lipinski definition) is 6. The van der Waals surface area contributed by atoms with Crippen molar-refractivity contribution >= 4 is 63.7 Å². The number of halogens is 3. The molecular formula is C30H22Cl3N5O4. The molecule has 0 aliphatic carbocycles. The second kappa shape index (κ2) is 12.8. The second-order valence-corrected chi connectivity index (χ2v) is 10.5. The van der Waals surface area contributed by atoms with Gasteiger partial charge in [0.2, 0.25) is 0 Å². The number of nitrogens with zero attached hydrogens (tertiary/aromatic N) is 3. The van der Waals surface area contributed by atoms with E-state index in [1.54, 1.807) is 24.3 Å². The van der Waals surface area contributed by atoms with Gasteiger partial charge in [0.05, 0.1) is 21.8 Å². The first-order valence-corrected chi connectivity index (χ1v) is 14.0. The zero-order valence-electron chi connectivity index (χ0n) is 21.8. The summed E-state index contributed by atoms with van der Waals surface area (Å²) in [6.45, 7) is 0.393. The van der Waals surface area contributed by atoms with E-state index in [4.69, 9.17) is 35.0 Å². The standard InChI is InChI=1S/C30H22Cl3N5O4/c31-23-13-20(29(40)38-12-2-1-3-26(38)30(41)42)11-10-18(23)7-4-17-5-8-19(9-6-17)24-14-21(28(39)36-37-33)22-16-34-27(32)15-25(22)35-24/h5-6,8-11,13-16,26,37H,1-3,12H2,(H,36,39)(H,41,42)/t26-/m0/s1. The molecule has 2 aromatic heterocycles. The summed E-state index contributed by atoms with van der Waals surface area (Å²) in [5.74, 6) is 4.25. The third-order valence-corrected chi connectivity index (χ3v) is 7.47. The molecular weight excluding hydrogens is 601 g/mol. The summed E-state index contributed by atoms with van der Waals surface area (Å²) in [7, 11) is 0. The van der Waals surface area contributed by atoms with Crippen molar-refractivity contribution < 1.29 is 19.5 Å². The summed E-state index contributed by atoms with van der Waals surface area (Å²) in [6, 6.07) is 14.4. The van der Waals surface area contributed by atoms with Gasteiger partial charge in [-0.2, -0.15) is 0 Å². The summed E-state index contributed by atoms with van der Waals surface area (Å²) < 4.78 is 0. The van der Waals surface area contributed by atoms with E-state index in [0.717, 1.165) is 18.4 Å². The highest BCUT2D eigenvalue weighted by Crippen LogP contribution is 2.27. The van der Waals surface area contributed by atoms with E-state index in [2.05, 4.69) is 32.2 Å². The quantitative estimate of drug-likeness (QED) is 0.117. The van der Waals surface area contributed by atoms with Crippen molar-refractivity contribution in [2.45, 2.75) is 25.3 Å². The number of pyridine rings is 2. The number of amides is 2. The largest absolute Gasteiger partial charge is 0.480 e. The van der Waals surface area contributed by atoms with Crippen LogP contribution in [0.3, 0.4) is 0 Å².